The summed E-state index contributed by atoms with van der Waals surface area (Å²) in [6.07, 6.45) is 3.65. The SMILES string of the molecule is CC(=O)NCCC#Cc1cnoc1. The molecule has 1 amide bonds. The number of rotatable bonds is 2. The molecule has 1 aromatic heterocycles. The summed E-state index contributed by atoms with van der Waals surface area (Å²) in [5.74, 6) is 5.68. The fourth-order valence-corrected chi connectivity index (χ4v) is 0.732. The zero-order chi connectivity index (χ0) is 9.52. The van der Waals surface area contributed by atoms with E-state index in [0.717, 1.165) is 5.56 Å². The minimum atomic E-state index is -0.0354. The fourth-order valence-electron chi connectivity index (χ4n) is 0.732. The number of nitrogens with one attached hydrogen (secondary N) is 1. The molecule has 0 bridgehead atoms. The maximum Gasteiger partial charge on any atom is 0.216 e. The van der Waals surface area contributed by atoms with Crippen LogP contribution in [0.5, 0.6) is 0 Å². The van der Waals surface area contributed by atoms with Crippen LogP contribution in [0.15, 0.2) is 17.0 Å². The van der Waals surface area contributed by atoms with Crippen molar-refractivity contribution in [3.63, 3.8) is 0 Å². The standard InChI is InChI=1S/C9H10N2O2/c1-8(12)10-5-3-2-4-9-6-11-13-7-9/h6-7H,3,5H2,1H3,(H,10,12). The van der Waals surface area contributed by atoms with E-state index in [2.05, 4.69) is 26.8 Å². The molecule has 1 N–H and O–H groups in total. The number of hydrogen-bond donors (Lipinski definition) is 1. The average Bonchev–Trinajstić information content (AvgIpc) is 2.55. The zero-order valence-corrected chi connectivity index (χ0v) is 7.33. The molecule has 0 saturated heterocycles. The van der Waals surface area contributed by atoms with Crippen LogP contribution in [0.25, 0.3) is 0 Å². The van der Waals surface area contributed by atoms with Crippen molar-refractivity contribution >= 4 is 5.91 Å². The number of hydrogen-bond acceptors (Lipinski definition) is 3. The lowest BCUT2D eigenvalue weighted by atomic mass is 10.3. The highest BCUT2D eigenvalue weighted by Gasteiger charge is 1.88. The van der Waals surface area contributed by atoms with E-state index in [-0.39, 0.29) is 5.91 Å². The highest BCUT2D eigenvalue weighted by molar-refractivity contribution is 5.72. The molecule has 0 spiro atoms. The lowest BCUT2D eigenvalue weighted by Gasteiger charge is -1.93. The predicted molar refractivity (Wildman–Crippen MR) is 46.7 cm³/mol. The van der Waals surface area contributed by atoms with E-state index in [9.17, 15) is 4.79 Å². The van der Waals surface area contributed by atoms with Crippen molar-refractivity contribution in [1.82, 2.24) is 10.5 Å². The van der Waals surface area contributed by atoms with E-state index in [1.165, 1.54) is 13.2 Å². The van der Waals surface area contributed by atoms with Crippen LogP contribution in [-0.2, 0) is 4.79 Å². The molecule has 0 aliphatic carbocycles. The van der Waals surface area contributed by atoms with Gasteiger partial charge in [-0.25, -0.2) is 0 Å². The van der Waals surface area contributed by atoms with Gasteiger partial charge in [0, 0.05) is 19.9 Å². The van der Waals surface area contributed by atoms with E-state index in [0.29, 0.717) is 13.0 Å². The Kier molecular flexibility index (Phi) is 3.58. The number of aromatic nitrogens is 1. The molecule has 0 fully saturated rings. The van der Waals surface area contributed by atoms with Gasteiger partial charge in [0.1, 0.15) is 6.26 Å². The van der Waals surface area contributed by atoms with Gasteiger partial charge in [0.15, 0.2) is 0 Å². The van der Waals surface area contributed by atoms with Crippen molar-refractivity contribution in [1.29, 1.82) is 0 Å². The molecular formula is C9H10N2O2. The number of carbonyl (C=O) groups is 1. The first-order valence-electron chi connectivity index (χ1n) is 3.92. The lowest BCUT2D eigenvalue weighted by molar-refractivity contribution is -0.118. The van der Waals surface area contributed by atoms with E-state index < -0.39 is 0 Å². The lowest BCUT2D eigenvalue weighted by Crippen LogP contribution is -2.20. The topological polar surface area (TPSA) is 55.1 Å². The van der Waals surface area contributed by atoms with Gasteiger partial charge < -0.3 is 9.84 Å². The Morgan fingerprint density at radius 1 is 1.77 bits per heavy atom. The normalized spacial score (nSPS) is 8.69. The third-order valence-electron chi connectivity index (χ3n) is 1.29. The minimum Gasteiger partial charge on any atom is -0.363 e. The van der Waals surface area contributed by atoms with Crippen LogP contribution in [0, 0.1) is 11.8 Å². The Hall–Kier alpha value is -1.76. The summed E-state index contributed by atoms with van der Waals surface area (Å²) in [6, 6.07) is 0. The van der Waals surface area contributed by atoms with Gasteiger partial charge in [-0.05, 0) is 0 Å². The minimum absolute atomic E-state index is 0.0354. The monoisotopic (exact) mass is 178 g/mol. The summed E-state index contributed by atoms with van der Waals surface area (Å²) in [5.41, 5.74) is 0.753. The highest BCUT2D eigenvalue weighted by atomic mass is 16.5. The van der Waals surface area contributed by atoms with Crippen molar-refractivity contribution < 1.29 is 9.32 Å². The van der Waals surface area contributed by atoms with Crippen LogP contribution in [0.1, 0.15) is 18.9 Å². The quantitative estimate of drug-likeness (QED) is 0.531. The molecule has 0 radical (unpaired) electrons. The summed E-state index contributed by atoms with van der Waals surface area (Å²) in [4.78, 5) is 10.5. The molecule has 0 atom stereocenters. The number of carbonyl (C=O) groups excluding carboxylic acids is 1. The summed E-state index contributed by atoms with van der Waals surface area (Å²) >= 11 is 0. The smallest absolute Gasteiger partial charge is 0.216 e. The maximum atomic E-state index is 10.5. The Labute approximate surface area is 76.3 Å². The molecule has 0 unspecified atom stereocenters. The van der Waals surface area contributed by atoms with Crippen LogP contribution in [0.3, 0.4) is 0 Å². The molecule has 0 saturated carbocycles. The third kappa shape index (κ3) is 3.97. The van der Waals surface area contributed by atoms with Gasteiger partial charge >= 0.3 is 0 Å². The first kappa shape index (κ1) is 9.33. The van der Waals surface area contributed by atoms with Gasteiger partial charge in [-0.1, -0.05) is 17.0 Å². The van der Waals surface area contributed by atoms with Crippen LogP contribution in [0.4, 0.5) is 0 Å². The van der Waals surface area contributed by atoms with E-state index >= 15 is 0 Å². The van der Waals surface area contributed by atoms with Crippen molar-refractivity contribution in [3.8, 4) is 11.8 Å². The van der Waals surface area contributed by atoms with Crippen LogP contribution in [0.2, 0.25) is 0 Å². The summed E-state index contributed by atoms with van der Waals surface area (Å²) in [5, 5.41) is 6.15. The molecule has 4 heteroatoms. The molecule has 68 valence electrons. The van der Waals surface area contributed by atoms with Crippen molar-refractivity contribution in [2.24, 2.45) is 0 Å². The second-order valence-corrected chi connectivity index (χ2v) is 2.45. The van der Waals surface area contributed by atoms with Crippen LogP contribution in [-0.4, -0.2) is 17.6 Å². The molecule has 0 aliphatic heterocycles. The first-order valence-corrected chi connectivity index (χ1v) is 3.92. The highest BCUT2D eigenvalue weighted by Crippen LogP contribution is 1.91. The molecule has 1 heterocycles. The first-order chi connectivity index (χ1) is 6.29. The average molecular weight is 178 g/mol. The zero-order valence-electron chi connectivity index (χ0n) is 7.33. The maximum absolute atomic E-state index is 10.5. The summed E-state index contributed by atoms with van der Waals surface area (Å²) in [6.45, 7) is 2.06. The molecule has 0 aliphatic rings. The Bertz CT molecular complexity index is 319. The second kappa shape index (κ2) is 4.99. The van der Waals surface area contributed by atoms with E-state index in [1.54, 1.807) is 6.20 Å². The predicted octanol–water partition coefficient (Wildman–Crippen LogP) is 0.552. The molecule has 1 aromatic rings. The Balaban J connectivity index is 2.22. The van der Waals surface area contributed by atoms with Gasteiger partial charge in [-0.3, -0.25) is 4.79 Å². The molecule has 13 heavy (non-hydrogen) atoms. The van der Waals surface area contributed by atoms with Gasteiger partial charge in [-0.15, -0.1) is 0 Å². The Morgan fingerprint density at radius 3 is 3.23 bits per heavy atom. The largest absolute Gasteiger partial charge is 0.363 e. The molecule has 0 aromatic carbocycles. The summed E-state index contributed by atoms with van der Waals surface area (Å²) < 4.78 is 4.59. The van der Waals surface area contributed by atoms with Crippen molar-refractivity contribution in [2.75, 3.05) is 6.54 Å². The van der Waals surface area contributed by atoms with Gasteiger partial charge in [0.2, 0.25) is 5.91 Å². The second-order valence-electron chi connectivity index (χ2n) is 2.45. The van der Waals surface area contributed by atoms with Crippen LogP contribution >= 0.6 is 0 Å². The van der Waals surface area contributed by atoms with E-state index in [1.807, 2.05) is 0 Å². The van der Waals surface area contributed by atoms with Crippen molar-refractivity contribution in [2.45, 2.75) is 13.3 Å². The van der Waals surface area contributed by atoms with Crippen molar-refractivity contribution in [3.05, 3.63) is 18.0 Å². The third-order valence-corrected chi connectivity index (χ3v) is 1.29. The van der Waals surface area contributed by atoms with Gasteiger partial charge in [0.25, 0.3) is 0 Å². The Morgan fingerprint density at radius 2 is 2.62 bits per heavy atom. The van der Waals surface area contributed by atoms with E-state index in [4.69, 9.17) is 0 Å². The molecule has 1 rings (SSSR count). The summed E-state index contributed by atoms with van der Waals surface area (Å²) in [7, 11) is 0. The fraction of sp³-hybridized carbons (Fsp3) is 0.333. The number of amides is 1. The van der Waals surface area contributed by atoms with Gasteiger partial charge in [0.05, 0.1) is 11.8 Å². The number of nitrogens with zero attached hydrogens (tertiary/aromatic N) is 1. The van der Waals surface area contributed by atoms with Crippen LogP contribution < -0.4 is 5.32 Å². The molecular weight excluding hydrogens is 168 g/mol. The van der Waals surface area contributed by atoms with Gasteiger partial charge in [-0.2, -0.15) is 0 Å². The molecule has 4 nitrogen and oxygen atoms in total.